The van der Waals surface area contributed by atoms with Crippen molar-refractivity contribution in [2.24, 2.45) is 0 Å². The molecule has 0 unspecified atom stereocenters. The Labute approximate surface area is 156 Å². The van der Waals surface area contributed by atoms with E-state index in [1.54, 1.807) is 0 Å². The monoisotopic (exact) mass is 334 g/mol. The summed E-state index contributed by atoms with van der Waals surface area (Å²) in [4.78, 5) is 0. The summed E-state index contributed by atoms with van der Waals surface area (Å²) in [6, 6.07) is 13.2. The van der Waals surface area contributed by atoms with Crippen molar-refractivity contribution in [2.75, 3.05) is 0 Å². The third kappa shape index (κ3) is 6.77. The van der Waals surface area contributed by atoms with E-state index in [1.165, 1.54) is 21.9 Å². The van der Waals surface area contributed by atoms with Gasteiger partial charge in [0.25, 0.3) is 0 Å². The molecular formula is C16H23NaO4S. The van der Waals surface area contributed by atoms with Gasteiger partial charge in [-0.15, -0.1) is 0 Å². The number of hydrogen-bond acceptors (Lipinski definition) is 2. The second-order valence-electron chi connectivity index (χ2n) is 5.55. The van der Waals surface area contributed by atoms with E-state index in [9.17, 15) is 0 Å². The molecule has 2 rings (SSSR count). The third-order valence-corrected chi connectivity index (χ3v) is 3.20. The molecule has 0 aliphatic carbocycles. The molecule has 118 valence electrons. The van der Waals surface area contributed by atoms with E-state index in [2.05, 4.69) is 64.1 Å². The number of rotatable bonds is 2. The van der Waals surface area contributed by atoms with Crippen LogP contribution in [0.5, 0.6) is 0 Å². The molecule has 0 spiro atoms. The first-order chi connectivity index (χ1) is 9.61. The molecule has 0 saturated heterocycles. The van der Waals surface area contributed by atoms with Crippen molar-refractivity contribution in [3.63, 3.8) is 0 Å². The van der Waals surface area contributed by atoms with Gasteiger partial charge in [0.15, 0.2) is 0 Å². The molecule has 2 N–H and O–H groups in total. The van der Waals surface area contributed by atoms with Crippen LogP contribution in [-0.2, 0) is 10.4 Å². The van der Waals surface area contributed by atoms with Crippen LogP contribution < -0.4 is 29.6 Å². The zero-order chi connectivity index (χ0) is 16.2. The molecule has 0 aromatic heterocycles. The molecular weight excluding hydrogens is 311 g/mol. The van der Waals surface area contributed by atoms with E-state index in [-0.39, 0.29) is 31.0 Å². The average Bonchev–Trinajstić information content (AvgIpc) is 2.34. The van der Waals surface area contributed by atoms with Crippen LogP contribution in [0.25, 0.3) is 10.8 Å². The minimum atomic E-state index is -4.67. The Bertz CT molecular complexity index is 707. The van der Waals surface area contributed by atoms with E-state index in [1.807, 2.05) is 0 Å². The van der Waals surface area contributed by atoms with Gasteiger partial charge in [-0.2, -0.15) is 8.42 Å². The van der Waals surface area contributed by atoms with Crippen LogP contribution >= 0.6 is 0 Å². The summed E-state index contributed by atoms with van der Waals surface area (Å²) in [6.45, 7) is 9.12. The Morgan fingerprint density at radius 3 is 1.86 bits per heavy atom. The second kappa shape index (κ2) is 9.01. The molecule has 6 heteroatoms. The van der Waals surface area contributed by atoms with E-state index in [4.69, 9.17) is 17.5 Å². The van der Waals surface area contributed by atoms with Gasteiger partial charge in [0.1, 0.15) is 0 Å². The molecule has 0 radical (unpaired) electrons. The smallest absolute Gasteiger partial charge is 1.00 e. The first-order valence-corrected chi connectivity index (χ1v) is 8.22. The van der Waals surface area contributed by atoms with Gasteiger partial charge in [-0.1, -0.05) is 64.1 Å². The number of hydrogen-bond donors (Lipinski definition) is 2. The maximum Gasteiger partial charge on any atom is 1.00 e. The summed E-state index contributed by atoms with van der Waals surface area (Å²) < 4.78 is 31.6. The van der Waals surface area contributed by atoms with E-state index in [0.29, 0.717) is 11.8 Å². The van der Waals surface area contributed by atoms with Crippen LogP contribution in [0, 0.1) is 0 Å². The van der Waals surface area contributed by atoms with Gasteiger partial charge in [-0.05, 0) is 33.7 Å². The predicted octanol–water partition coefficient (Wildman–Crippen LogP) is 1.55. The van der Waals surface area contributed by atoms with Crippen LogP contribution in [0.2, 0.25) is 0 Å². The number of fused-ring (bicyclic) bond motifs is 1. The minimum Gasteiger partial charge on any atom is -1.00 e. The maximum atomic E-state index is 8.74. The quantitative estimate of drug-likeness (QED) is 0.645. The van der Waals surface area contributed by atoms with Crippen molar-refractivity contribution in [1.29, 1.82) is 0 Å². The Kier molecular flexibility index (Phi) is 8.83. The molecule has 0 atom stereocenters. The Morgan fingerprint density at radius 2 is 1.41 bits per heavy atom. The standard InChI is InChI=1S/C16H20.Na.H2O4S.H/c1-11(2)14-10-9-13-7-5-6-8-15(13)16(14)12(3)4;;1-5(2,3)4;/h5-12H,1-4H3;;(H2,1,2,3,4);/q;+1;;-1. The van der Waals surface area contributed by atoms with Crippen LogP contribution in [0.15, 0.2) is 36.4 Å². The van der Waals surface area contributed by atoms with Crippen molar-refractivity contribution >= 4 is 21.2 Å². The Morgan fingerprint density at radius 1 is 0.909 bits per heavy atom. The van der Waals surface area contributed by atoms with Gasteiger partial charge in [-0.3, -0.25) is 9.11 Å². The van der Waals surface area contributed by atoms with Gasteiger partial charge in [-0.25, -0.2) is 0 Å². The summed E-state index contributed by atoms with van der Waals surface area (Å²) in [5, 5.41) is 2.78. The average molecular weight is 334 g/mol. The van der Waals surface area contributed by atoms with Gasteiger partial charge in [0.2, 0.25) is 0 Å². The molecule has 0 bridgehead atoms. The largest absolute Gasteiger partial charge is 1.00 e. The summed E-state index contributed by atoms with van der Waals surface area (Å²) in [5.74, 6) is 1.19. The molecule has 2 aromatic rings. The fraction of sp³-hybridized carbons (Fsp3) is 0.375. The fourth-order valence-electron chi connectivity index (χ4n) is 2.46. The molecule has 0 saturated carbocycles. The molecule has 2 aromatic carbocycles. The SMILES string of the molecule is CC(C)c1ccc2ccccc2c1C(C)C.O=S(=O)(O)O.[H-].[Na+]. The van der Waals surface area contributed by atoms with Gasteiger partial charge in [0, 0.05) is 0 Å². The fourth-order valence-corrected chi connectivity index (χ4v) is 2.46. The van der Waals surface area contributed by atoms with Crippen molar-refractivity contribution in [1.82, 2.24) is 0 Å². The van der Waals surface area contributed by atoms with Crippen LogP contribution in [0.3, 0.4) is 0 Å². The van der Waals surface area contributed by atoms with Gasteiger partial charge in [0.05, 0.1) is 0 Å². The molecule has 0 heterocycles. The van der Waals surface area contributed by atoms with Gasteiger partial charge < -0.3 is 1.43 Å². The van der Waals surface area contributed by atoms with E-state index < -0.39 is 10.4 Å². The normalized spacial score (nSPS) is 11.1. The first kappa shape index (κ1) is 21.6. The molecule has 0 fully saturated rings. The zero-order valence-electron chi connectivity index (χ0n) is 14.7. The zero-order valence-corrected chi connectivity index (χ0v) is 16.6. The molecule has 4 nitrogen and oxygen atoms in total. The van der Waals surface area contributed by atoms with Crippen molar-refractivity contribution < 1.29 is 48.5 Å². The molecule has 0 amide bonds. The van der Waals surface area contributed by atoms with E-state index in [0.717, 1.165) is 0 Å². The molecule has 22 heavy (non-hydrogen) atoms. The second-order valence-corrected chi connectivity index (χ2v) is 6.44. The van der Waals surface area contributed by atoms with Crippen LogP contribution in [-0.4, -0.2) is 17.5 Å². The summed E-state index contributed by atoms with van der Waals surface area (Å²) >= 11 is 0. The Balaban J connectivity index is 0. The van der Waals surface area contributed by atoms with Crippen molar-refractivity contribution in [3.05, 3.63) is 47.5 Å². The van der Waals surface area contributed by atoms with Crippen molar-refractivity contribution in [3.8, 4) is 0 Å². The summed E-state index contributed by atoms with van der Waals surface area (Å²) in [7, 11) is -4.67. The first-order valence-electron chi connectivity index (χ1n) is 6.82. The molecule has 0 aliphatic rings. The molecule has 0 aliphatic heterocycles. The maximum absolute atomic E-state index is 8.74. The van der Waals surface area contributed by atoms with E-state index >= 15 is 0 Å². The number of benzene rings is 2. The van der Waals surface area contributed by atoms with Gasteiger partial charge >= 0.3 is 40.0 Å². The van der Waals surface area contributed by atoms with Crippen molar-refractivity contribution in [2.45, 2.75) is 39.5 Å². The predicted molar refractivity (Wildman–Crippen MR) is 87.4 cm³/mol. The topological polar surface area (TPSA) is 74.6 Å². The minimum absolute atomic E-state index is 0. The summed E-state index contributed by atoms with van der Waals surface area (Å²) in [6.07, 6.45) is 0. The van der Waals surface area contributed by atoms with Crippen LogP contribution in [0.4, 0.5) is 0 Å². The third-order valence-electron chi connectivity index (χ3n) is 3.20. The summed E-state index contributed by atoms with van der Waals surface area (Å²) in [5.41, 5.74) is 3.02. The van der Waals surface area contributed by atoms with Crippen LogP contribution in [0.1, 0.15) is 52.1 Å². The Hall–Kier alpha value is -0.430.